The van der Waals surface area contributed by atoms with E-state index in [0.717, 1.165) is 109 Å². The van der Waals surface area contributed by atoms with Crippen molar-refractivity contribution in [3.8, 4) is 0 Å². The van der Waals surface area contributed by atoms with Gasteiger partial charge in [0.25, 0.3) is 0 Å². The molecule has 1 atom stereocenters. The standard InChI is InChI=1S/C69H122O6/c1-4-7-10-13-16-18-20-22-24-26-28-30-31-32-33-34-35-36-37-39-40-42-44-46-48-50-53-56-59-62-68(71)74-65-66(64-73-67(70)61-58-55-52-15-12-9-6-3)75-69(72)63-60-57-54-51-49-47-45-43-41-38-29-27-25-23-21-19-17-14-11-8-5-2/h8,11,17,19,23,25-26,28-29,38,43,45,66H,4-7,9-10,12-16,18,20-22,24,27,30-37,39-42,44,46-65H2,1-3H3/b11-8-,19-17-,25-23-,28-26-,38-29-,45-43-. The number of carbonyl (C=O) groups excluding carboxylic acids is 3. The topological polar surface area (TPSA) is 78.9 Å². The molecule has 434 valence electrons. The lowest BCUT2D eigenvalue weighted by Crippen LogP contribution is -2.30. The summed E-state index contributed by atoms with van der Waals surface area (Å²) in [5.74, 6) is -0.893. The van der Waals surface area contributed by atoms with E-state index in [0.29, 0.717) is 19.3 Å². The molecule has 0 aliphatic heterocycles. The molecule has 0 spiro atoms. The van der Waals surface area contributed by atoms with Crippen LogP contribution in [0.3, 0.4) is 0 Å². The van der Waals surface area contributed by atoms with Crippen LogP contribution in [0.4, 0.5) is 0 Å². The van der Waals surface area contributed by atoms with Crippen molar-refractivity contribution in [3.05, 3.63) is 72.9 Å². The maximum Gasteiger partial charge on any atom is 0.306 e. The van der Waals surface area contributed by atoms with E-state index in [1.165, 1.54) is 180 Å². The first-order chi connectivity index (χ1) is 37.0. The molecule has 0 saturated heterocycles. The van der Waals surface area contributed by atoms with E-state index in [2.05, 4.69) is 93.7 Å². The fourth-order valence-corrected chi connectivity index (χ4v) is 9.35. The van der Waals surface area contributed by atoms with Gasteiger partial charge in [-0.1, -0.05) is 293 Å². The van der Waals surface area contributed by atoms with Crippen LogP contribution >= 0.6 is 0 Å². The Balaban J connectivity index is 4.10. The van der Waals surface area contributed by atoms with Crippen molar-refractivity contribution in [1.82, 2.24) is 0 Å². The van der Waals surface area contributed by atoms with Crippen LogP contribution < -0.4 is 0 Å². The molecule has 0 fully saturated rings. The molecule has 1 unspecified atom stereocenters. The molecular formula is C69H122O6. The highest BCUT2D eigenvalue weighted by Crippen LogP contribution is 2.17. The molecule has 0 aliphatic rings. The molecule has 75 heavy (non-hydrogen) atoms. The highest BCUT2D eigenvalue weighted by molar-refractivity contribution is 5.71. The van der Waals surface area contributed by atoms with Gasteiger partial charge >= 0.3 is 17.9 Å². The van der Waals surface area contributed by atoms with E-state index in [1.807, 2.05) is 0 Å². The van der Waals surface area contributed by atoms with Crippen LogP contribution in [-0.2, 0) is 28.6 Å². The normalized spacial score (nSPS) is 12.5. The Morgan fingerprint density at radius 1 is 0.280 bits per heavy atom. The first kappa shape index (κ1) is 71.8. The monoisotopic (exact) mass is 1050 g/mol. The van der Waals surface area contributed by atoms with Gasteiger partial charge in [-0.05, 0) is 89.9 Å². The van der Waals surface area contributed by atoms with Gasteiger partial charge in [-0.3, -0.25) is 14.4 Å². The van der Waals surface area contributed by atoms with Gasteiger partial charge in [0.1, 0.15) is 13.2 Å². The van der Waals surface area contributed by atoms with E-state index in [1.54, 1.807) is 0 Å². The maximum atomic E-state index is 12.8. The molecule has 0 aromatic heterocycles. The van der Waals surface area contributed by atoms with E-state index in [-0.39, 0.29) is 31.1 Å². The van der Waals surface area contributed by atoms with Crippen LogP contribution in [0.2, 0.25) is 0 Å². The van der Waals surface area contributed by atoms with Gasteiger partial charge < -0.3 is 14.2 Å². The lowest BCUT2D eigenvalue weighted by Gasteiger charge is -2.18. The van der Waals surface area contributed by atoms with Crippen LogP contribution in [0.5, 0.6) is 0 Å². The van der Waals surface area contributed by atoms with Crippen molar-refractivity contribution in [1.29, 1.82) is 0 Å². The van der Waals surface area contributed by atoms with Crippen molar-refractivity contribution in [3.63, 3.8) is 0 Å². The molecule has 0 amide bonds. The number of rotatable bonds is 59. The molecule has 0 radical (unpaired) electrons. The van der Waals surface area contributed by atoms with Gasteiger partial charge in [-0.2, -0.15) is 0 Å². The van der Waals surface area contributed by atoms with Crippen molar-refractivity contribution < 1.29 is 28.6 Å². The highest BCUT2D eigenvalue weighted by atomic mass is 16.6. The number of carbonyl (C=O) groups is 3. The highest BCUT2D eigenvalue weighted by Gasteiger charge is 2.19. The van der Waals surface area contributed by atoms with Gasteiger partial charge in [-0.15, -0.1) is 0 Å². The molecule has 0 aromatic rings. The van der Waals surface area contributed by atoms with Gasteiger partial charge in [0.05, 0.1) is 0 Å². The molecular weight excluding hydrogens is 925 g/mol. The third-order valence-corrected chi connectivity index (χ3v) is 14.2. The number of hydrogen-bond acceptors (Lipinski definition) is 6. The minimum absolute atomic E-state index is 0.0805. The van der Waals surface area contributed by atoms with E-state index < -0.39 is 6.10 Å². The first-order valence-electron chi connectivity index (χ1n) is 32.4. The molecule has 0 aromatic carbocycles. The van der Waals surface area contributed by atoms with Gasteiger partial charge in [-0.25, -0.2) is 0 Å². The SMILES string of the molecule is CC/C=C\C/C=C\C/C=C\C/C=C\C/C=C\CCCCCCCC(=O)OC(COC(=O)CCCCCCCCC)COC(=O)CCCCCCCCCCCCCCCCCCC/C=C\CCCCCCCCCC. The minimum Gasteiger partial charge on any atom is -0.462 e. The second kappa shape index (κ2) is 63.4. The second-order valence-electron chi connectivity index (χ2n) is 21.6. The first-order valence-corrected chi connectivity index (χ1v) is 32.4. The Morgan fingerprint density at radius 3 is 0.827 bits per heavy atom. The summed E-state index contributed by atoms with van der Waals surface area (Å²) < 4.78 is 16.8. The Morgan fingerprint density at radius 2 is 0.520 bits per heavy atom. The van der Waals surface area contributed by atoms with Crippen molar-refractivity contribution in [2.24, 2.45) is 0 Å². The third-order valence-electron chi connectivity index (χ3n) is 14.2. The summed E-state index contributed by atoms with van der Waals surface area (Å²) in [4.78, 5) is 38.1. The molecule has 0 bridgehead atoms. The summed E-state index contributed by atoms with van der Waals surface area (Å²) >= 11 is 0. The lowest BCUT2D eigenvalue weighted by molar-refractivity contribution is -0.167. The molecule has 6 heteroatoms. The average molecular weight is 1050 g/mol. The van der Waals surface area contributed by atoms with Crippen LogP contribution in [0.15, 0.2) is 72.9 Å². The number of ether oxygens (including phenoxy) is 3. The predicted molar refractivity (Wildman–Crippen MR) is 325 cm³/mol. The smallest absolute Gasteiger partial charge is 0.306 e. The van der Waals surface area contributed by atoms with Gasteiger partial charge in [0.2, 0.25) is 0 Å². The summed E-state index contributed by atoms with van der Waals surface area (Å²) in [6.45, 7) is 6.50. The summed E-state index contributed by atoms with van der Waals surface area (Å²) in [7, 11) is 0. The van der Waals surface area contributed by atoms with E-state index in [9.17, 15) is 14.4 Å². The fourth-order valence-electron chi connectivity index (χ4n) is 9.35. The van der Waals surface area contributed by atoms with Crippen LogP contribution in [0.25, 0.3) is 0 Å². The predicted octanol–water partition coefficient (Wildman–Crippen LogP) is 22.1. The Bertz CT molecular complexity index is 1390. The number of esters is 3. The van der Waals surface area contributed by atoms with Crippen molar-refractivity contribution in [2.75, 3.05) is 13.2 Å². The zero-order valence-corrected chi connectivity index (χ0v) is 49.8. The number of hydrogen-bond donors (Lipinski definition) is 0. The van der Waals surface area contributed by atoms with Crippen LogP contribution in [0.1, 0.15) is 329 Å². The van der Waals surface area contributed by atoms with Crippen LogP contribution in [0, 0.1) is 0 Å². The minimum atomic E-state index is -0.783. The summed E-state index contributed by atoms with van der Waals surface area (Å²) in [6.07, 6.45) is 82.3. The zero-order chi connectivity index (χ0) is 54.3. The molecule has 6 nitrogen and oxygen atoms in total. The van der Waals surface area contributed by atoms with Gasteiger partial charge in [0, 0.05) is 19.3 Å². The molecule has 0 N–H and O–H groups in total. The van der Waals surface area contributed by atoms with Crippen molar-refractivity contribution in [2.45, 2.75) is 335 Å². The molecule has 0 rings (SSSR count). The van der Waals surface area contributed by atoms with Crippen molar-refractivity contribution >= 4 is 17.9 Å². The molecule has 0 saturated carbocycles. The fraction of sp³-hybridized carbons (Fsp3) is 0.783. The van der Waals surface area contributed by atoms with Crippen LogP contribution in [-0.4, -0.2) is 37.2 Å². The molecule has 0 aliphatic carbocycles. The quantitative estimate of drug-likeness (QED) is 0.0261. The summed E-state index contributed by atoms with van der Waals surface area (Å²) in [5.41, 5.74) is 0. The lowest BCUT2D eigenvalue weighted by atomic mass is 10.0. The maximum absolute atomic E-state index is 12.8. The summed E-state index contributed by atoms with van der Waals surface area (Å²) in [5, 5.41) is 0. The Kier molecular flexibility index (Phi) is 60.7. The van der Waals surface area contributed by atoms with E-state index in [4.69, 9.17) is 14.2 Å². The molecule has 0 heterocycles. The third kappa shape index (κ3) is 61.6. The summed E-state index contributed by atoms with van der Waals surface area (Å²) in [6, 6.07) is 0. The Labute approximate surface area is 465 Å². The second-order valence-corrected chi connectivity index (χ2v) is 21.6. The number of unbranched alkanes of at least 4 members (excludes halogenated alkanes) is 36. The largest absolute Gasteiger partial charge is 0.462 e. The zero-order valence-electron chi connectivity index (χ0n) is 49.8. The van der Waals surface area contributed by atoms with E-state index >= 15 is 0 Å². The van der Waals surface area contributed by atoms with Gasteiger partial charge in [0.15, 0.2) is 6.10 Å². The number of allylic oxidation sites excluding steroid dienone is 12. The average Bonchev–Trinajstić information content (AvgIpc) is 3.41. The Hall–Kier alpha value is -3.15.